The molecular formula is C17H22N3OS2+. The number of nitrogens with one attached hydrogen (secondary N) is 3. The van der Waals surface area contributed by atoms with Crippen molar-refractivity contribution in [3.05, 3.63) is 37.9 Å². The molecule has 0 saturated carbocycles. The monoisotopic (exact) mass is 348 g/mol. The summed E-state index contributed by atoms with van der Waals surface area (Å²) in [6.45, 7) is 8.80. The molecule has 0 aliphatic carbocycles. The molecule has 0 fully saturated rings. The zero-order valence-electron chi connectivity index (χ0n) is 13.7. The van der Waals surface area contributed by atoms with E-state index in [0.717, 1.165) is 30.1 Å². The number of amides is 1. The van der Waals surface area contributed by atoms with Gasteiger partial charge >= 0.3 is 0 Å². The quantitative estimate of drug-likeness (QED) is 0.780. The van der Waals surface area contributed by atoms with Crippen LogP contribution in [0.1, 0.15) is 50.6 Å². The second-order valence-electron chi connectivity index (χ2n) is 6.70. The zero-order valence-corrected chi connectivity index (χ0v) is 15.3. The molecule has 0 bridgehead atoms. The van der Waals surface area contributed by atoms with Crippen molar-refractivity contribution in [2.75, 3.05) is 11.9 Å². The fourth-order valence-corrected chi connectivity index (χ4v) is 5.66. The van der Waals surface area contributed by atoms with Crippen LogP contribution in [-0.4, -0.2) is 18.5 Å². The molecule has 0 spiro atoms. The number of hydrogen-bond acceptors (Lipinski definition) is 4. The number of anilines is 1. The van der Waals surface area contributed by atoms with Crippen molar-refractivity contribution in [1.82, 2.24) is 5.32 Å². The molecule has 6 heteroatoms. The van der Waals surface area contributed by atoms with E-state index in [1.54, 1.807) is 27.6 Å². The first-order valence-electron chi connectivity index (χ1n) is 8.15. The van der Waals surface area contributed by atoms with Gasteiger partial charge in [-0.05, 0) is 38.5 Å². The van der Waals surface area contributed by atoms with Gasteiger partial charge in [0.15, 0.2) is 0 Å². The molecule has 4 rings (SSSR count). The number of hydrogen-bond donors (Lipinski definition) is 3. The molecule has 23 heavy (non-hydrogen) atoms. The lowest BCUT2D eigenvalue weighted by Gasteiger charge is -2.28. The summed E-state index contributed by atoms with van der Waals surface area (Å²) in [5.41, 5.74) is 2.18. The number of carbonyl (C=O) groups excluding carboxylic acids is 1. The zero-order chi connectivity index (χ0) is 16.1. The summed E-state index contributed by atoms with van der Waals surface area (Å²) in [5.74, 6) is 0.0836. The van der Waals surface area contributed by atoms with Crippen LogP contribution in [0.5, 0.6) is 0 Å². The standard InChI is InChI=1S/C17H21N3OS2/c1-9(2)20-7-6-11-13(8-20)23-17-14(11)16(21)18-15(19-17)12-5-4-10(3)22-12/h4-5,9,15,19H,6-8H2,1-3H3,(H,18,21)/p+1/t15-/m0/s1. The maximum Gasteiger partial charge on any atom is 0.256 e. The van der Waals surface area contributed by atoms with E-state index in [1.165, 1.54) is 20.2 Å². The predicted molar refractivity (Wildman–Crippen MR) is 95.6 cm³/mol. The van der Waals surface area contributed by atoms with Crippen LogP contribution in [0.15, 0.2) is 12.1 Å². The van der Waals surface area contributed by atoms with Gasteiger partial charge in [-0.25, -0.2) is 0 Å². The van der Waals surface area contributed by atoms with E-state index in [1.807, 2.05) is 0 Å². The molecule has 0 saturated heterocycles. The summed E-state index contributed by atoms with van der Waals surface area (Å²) >= 11 is 3.51. The lowest BCUT2D eigenvalue weighted by atomic mass is 10.0. The maximum atomic E-state index is 12.7. The van der Waals surface area contributed by atoms with Crippen LogP contribution in [0.3, 0.4) is 0 Å². The fraction of sp³-hybridized carbons (Fsp3) is 0.471. The van der Waals surface area contributed by atoms with Crippen molar-refractivity contribution in [3.63, 3.8) is 0 Å². The first kappa shape index (κ1) is 15.2. The molecular weight excluding hydrogens is 326 g/mol. The van der Waals surface area contributed by atoms with Crippen LogP contribution in [0, 0.1) is 6.92 Å². The minimum absolute atomic E-state index is 0.0836. The highest BCUT2D eigenvalue weighted by molar-refractivity contribution is 7.16. The van der Waals surface area contributed by atoms with Crippen molar-refractivity contribution in [2.24, 2.45) is 0 Å². The Bertz CT molecular complexity index is 762. The summed E-state index contributed by atoms with van der Waals surface area (Å²) in [6, 6.07) is 4.83. The summed E-state index contributed by atoms with van der Waals surface area (Å²) in [5, 5.41) is 7.73. The van der Waals surface area contributed by atoms with Gasteiger partial charge in [0.25, 0.3) is 5.91 Å². The third-order valence-electron chi connectivity index (χ3n) is 4.81. The SMILES string of the molecule is Cc1ccc([C@H]2NC(=O)c3c(sc4c3CC[NH+](C(C)C)C4)N2)s1. The van der Waals surface area contributed by atoms with Crippen molar-refractivity contribution in [2.45, 2.75) is 45.9 Å². The Hall–Kier alpha value is -1.37. The molecule has 2 atom stereocenters. The van der Waals surface area contributed by atoms with Crippen molar-refractivity contribution in [3.8, 4) is 0 Å². The Labute approximate surface area is 144 Å². The van der Waals surface area contributed by atoms with Crippen molar-refractivity contribution in [1.29, 1.82) is 0 Å². The van der Waals surface area contributed by atoms with E-state index < -0.39 is 0 Å². The van der Waals surface area contributed by atoms with Crippen molar-refractivity contribution < 1.29 is 9.69 Å². The summed E-state index contributed by atoms with van der Waals surface area (Å²) < 4.78 is 0. The number of aryl methyl sites for hydroxylation is 1. The lowest BCUT2D eigenvalue weighted by Crippen LogP contribution is -3.14. The molecule has 1 unspecified atom stereocenters. The molecule has 0 radical (unpaired) electrons. The summed E-state index contributed by atoms with van der Waals surface area (Å²) in [7, 11) is 0. The molecule has 4 heterocycles. The van der Waals surface area contributed by atoms with E-state index in [4.69, 9.17) is 0 Å². The first-order valence-corrected chi connectivity index (χ1v) is 9.79. The normalized spacial score (nSPS) is 23.2. The van der Waals surface area contributed by atoms with Crippen molar-refractivity contribution >= 4 is 33.6 Å². The average molecular weight is 349 g/mol. The molecule has 1 amide bonds. The van der Waals surface area contributed by atoms with E-state index >= 15 is 0 Å². The topological polar surface area (TPSA) is 45.6 Å². The van der Waals surface area contributed by atoms with Gasteiger partial charge in [-0.3, -0.25) is 4.79 Å². The summed E-state index contributed by atoms with van der Waals surface area (Å²) in [6.07, 6.45) is 0.911. The highest BCUT2D eigenvalue weighted by Crippen LogP contribution is 2.39. The highest BCUT2D eigenvalue weighted by Gasteiger charge is 2.35. The Kier molecular flexibility index (Phi) is 3.70. The number of thiophene rings is 2. The number of fused-ring (bicyclic) bond motifs is 3. The van der Waals surface area contributed by atoms with E-state index in [0.29, 0.717) is 6.04 Å². The molecule has 2 aliphatic rings. The van der Waals surface area contributed by atoms with Crippen LogP contribution >= 0.6 is 22.7 Å². The molecule has 3 N–H and O–H groups in total. The van der Waals surface area contributed by atoms with Gasteiger partial charge in [0, 0.05) is 16.2 Å². The number of quaternary nitrogens is 1. The molecule has 2 aromatic rings. The van der Waals surface area contributed by atoms with E-state index in [2.05, 4.69) is 43.5 Å². The smallest absolute Gasteiger partial charge is 0.256 e. The third-order valence-corrected chi connectivity index (χ3v) is 7.04. The van der Waals surface area contributed by atoms with Crippen LogP contribution in [0.2, 0.25) is 0 Å². The Morgan fingerprint density at radius 3 is 2.78 bits per heavy atom. The lowest BCUT2D eigenvalue weighted by molar-refractivity contribution is -0.936. The largest absolute Gasteiger partial charge is 0.352 e. The fourth-order valence-electron chi connectivity index (χ4n) is 3.46. The van der Waals surface area contributed by atoms with Crippen LogP contribution < -0.4 is 15.5 Å². The van der Waals surface area contributed by atoms with Gasteiger partial charge < -0.3 is 15.5 Å². The molecule has 0 aromatic carbocycles. The second-order valence-corrected chi connectivity index (χ2v) is 9.12. The number of carbonyl (C=O) groups is 1. The van der Waals surface area contributed by atoms with Crippen LogP contribution in [0.4, 0.5) is 5.00 Å². The van der Waals surface area contributed by atoms with Gasteiger partial charge in [0.2, 0.25) is 0 Å². The van der Waals surface area contributed by atoms with Gasteiger partial charge in [-0.15, -0.1) is 22.7 Å². The van der Waals surface area contributed by atoms with E-state index in [-0.39, 0.29) is 12.1 Å². The molecule has 122 valence electrons. The third kappa shape index (κ3) is 2.58. The average Bonchev–Trinajstić information content (AvgIpc) is 3.09. The Balaban J connectivity index is 1.66. The summed E-state index contributed by atoms with van der Waals surface area (Å²) in [4.78, 5) is 18.1. The molecule has 4 nitrogen and oxygen atoms in total. The number of rotatable bonds is 2. The van der Waals surface area contributed by atoms with E-state index in [9.17, 15) is 4.79 Å². The minimum atomic E-state index is -0.0950. The second kappa shape index (κ2) is 5.61. The van der Waals surface area contributed by atoms with Crippen LogP contribution in [0.25, 0.3) is 0 Å². The first-order chi connectivity index (χ1) is 11.0. The van der Waals surface area contributed by atoms with Gasteiger partial charge in [-0.2, -0.15) is 0 Å². The minimum Gasteiger partial charge on any atom is -0.352 e. The van der Waals surface area contributed by atoms with Gasteiger partial charge in [0.1, 0.15) is 17.7 Å². The molecule has 2 aromatic heterocycles. The Morgan fingerprint density at radius 1 is 1.26 bits per heavy atom. The molecule has 2 aliphatic heterocycles. The predicted octanol–water partition coefficient (Wildman–Crippen LogP) is 2.32. The van der Waals surface area contributed by atoms with Gasteiger partial charge in [0.05, 0.1) is 23.0 Å². The van der Waals surface area contributed by atoms with Crippen LogP contribution in [-0.2, 0) is 13.0 Å². The maximum absolute atomic E-state index is 12.7. The highest BCUT2D eigenvalue weighted by atomic mass is 32.1. The Morgan fingerprint density at radius 2 is 2.09 bits per heavy atom. The van der Waals surface area contributed by atoms with Gasteiger partial charge in [-0.1, -0.05) is 0 Å².